The molecule has 0 saturated carbocycles. The number of hydrogen-bond donors (Lipinski definition) is 2. The molecule has 0 aliphatic rings. The van der Waals surface area contributed by atoms with Gasteiger partial charge in [0, 0.05) is 29.0 Å². The Balaban J connectivity index is 2.61. The maximum atomic E-state index is 8.98. The fraction of sp³-hybridized carbons (Fsp3) is 0.538. The van der Waals surface area contributed by atoms with E-state index in [1.807, 2.05) is 25.1 Å². The second-order valence-corrected chi connectivity index (χ2v) is 5.28. The number of hydrogen-bond acceptors (Lipinski definition) is 4. The van der Waals surface area contributed by atoms with Crippen LogP contribution in [0.15, 0.2) is 23.1 Å². The highest BCUT2D eigenvalue weighted by atomic mass is 32.2. The van der Waals surface area contributed by atoms with E-state index in [0.717, 1.165) is 28.5 Å². The SMILES string of the molecule is CCCOc1cc(N)cc(SCC(C)CO)c1. The summed E-state index contributed by atoms with van der Waals surface area (Å²) in [7, 11) is 0. The molecule has 0 saturated heterocycles. The first-order valence-electron chi connectivity index (χ1n) is 5.92. The van der Waals surface area contributed by atoms with Crippen molar-refractivity contribution in [2.45, 2.75) is 25.2 Å². The fourth-order valence-electron chi connectivity index (χ4n) is 1.27. The number of anilines is 1. The van der Waals surface area contributed by atoms with Crippen LogP contribution < -0.4 is 10.5 Å². The average Bonchev–Trinajstić information content (AvgIpc) is 2.32. The molecule has 3 nitrogen and oxygen atoms in total. The van der Waals surface area contributed by atoms with Crippen LogP contribution >= 0.6 is 11.8 Å². The van der Waals surface area contributed by atoms with Crippen molar-refractivity contribution < 1.29 is 9.84 Å². The van der Waals surface area contributed by atoms with Gasteiger partial charge in [-0.1, -0.05) is 13.8 Å². The fourth-order valence-corrected chi connectivity index (χ4v) is 2.27. The van der Waals surface area contributed by atoms with E-state index in [-0.39, 0.29) is 6.61 Å². The first-order chi connectivity index (χ1) is 8.15. The lowest BCUT2D eigenvalue weighted by Crippen LogP contribution is -2.03. The van der Waals surface area contributed by atoms with Gasteiger partial charge >= 0.3 is 0 Å². The molecule has 0 aliphatic carbocycles. The number of nitrogens with two attached hydrogens (primary N) is 1. The standard InChI is InChI=1S/C13H21NO2S/c1-3-4-16-12-5-11(14)6-13(7-12)17-9-10(2)8-15/h5-7,10,15H,3-4,8-9,14H2,1-2H3. The molecule has 17 heavy (non-hydrogen) atoms. The van der Waals surface area contributed by atoms with Crippen molar-refractivity contribution in [2.24, 2.45) is 5.92 Å². The maximum absolute atomic E-state index is 8.98. The van der Waals surface area contributed by atoms with Gasteiger partial charge in [0.1, 0.15) is 5.75 Å². The summed E-state index contributed by atoms with van der Waals surface area (Å²) in [5.41, 5.74) is 6.55. The minimum atomic E-state index is 0.217. The summed E-state index contributed by atoms with van der Waals surface area (Å²) in [6, 6.07) is 5.78. The molecule has 1 aromatic rings. The normalized spacial score (nSPS) is 12.4. The number of nitrogen functional groups attached to an aromatic ring is 1. The number of ether oxygens (including phenoxy) is 1. The van der Waals surface area contributed by atoms with Gasteiger partial charge in [-0.2, -0.15) is 0 Å². The van der Waals surface area contributed by atoms with Crippen LogP contribution in [0.25, 0.3) is 0 Å². The molecule has 0 bridgehead atoms. The van der Waals surface area contributed by atoms with Crippen molar-refractivity contribution in [1.29, 1.82) is 0 Å². The van der Waals surface area contributed by atoms with Gasteiger partial charge in [0.05, 0.1) is 6.61 Å². The molecule has 3 N–H and O–H groups in total. The van der Waals surface area contributed by atoms with E-state index in [1.165, 1.54) is 0 Å². The quantitative estimate of drug-likeness (QED) is 0.581. The van der Waals surface area contributed by atoms with Crippen molar-refractivity contribution in [3.05, 3.63) is 18.2 Å². The monoisotopic (exact) mass is 255 g/mol. The molecular weight excluding hydrogens is 234 g/mol. The van der Waals surface area contributed by atoms with Crippen molar-refractivity contribution in [3.63, 3.8) is 0 Å². The molecule has 1 aromatic carbocycles. The third-order valence-electron chi connectivity index (χ3n) is 2.22. The Morgan fingerprint density at radius 1 is 1.41 bits per heavy atom. The lowest BCUT2D eigenvalue weighted by Gasteiger charge is -2.10. The number of rotatable bonds is 7. The first kappa shape index (κ1) is 14.2. The minimum Gasteiger partial charge on any atom is -0.493 e. The molecule has 1 atom stereocenters. The van der Waals surface area contributed by atoms with Crippen molar-refractivity contribution >= 4 is 17.4 Å². The number of aliphatic hydroxyl groups excluding tert-OH is 1. The summed E-state index contributed by atoms with van der Waals surface area (Å²) in [5.74, 6) is 2.00. The molecule has 4 heteroatoms. The van der Waals surface area contributed by atoms with Crippen molar-refractivity contribution in [2.75, 3.05) is 24.7 Å². The van der Waals surface area contributed by atoms with Crippen LogP contribution in [0.4, 0.5) is 5.69 Å². The molecule has 0 heterocycles. The van der Waals surface area contributed by atoms with Crippen LogP contribution in [0.3, 0.4) is 0 Å². The van der Waals surface area contributed by atoms with Crippen LogP contribution in [0.5, 0.6) is 5.75 Å². The lowest BCUT2D eigenvalue weighted by atomic mass is 10.2. The van der Waals surface area contributed by atoms with Crippen molar-refractivity contribution in [3.8, 4) is 5.75 Å². The molecule has 1 rings (SSSR count). The van der Waals surface area contributed by atoms with Crippen LogP contribution in [0.1, 0.15) is 20.3 Å². The molecule has 0 spiro atoms. The van der Waals surface area contributed by atoms with Crippen LogP contribution in [0, 0.1) is 5.92 Å². The second kappa shape index (κ2) is 7.45. The van der Waals surface area contributed by atoms with Gasteiger partial charge < -0.3 is 15.6 Å². The Labute approximate surface area is 107 Å². The van der Waals surface area contributed by atoms with E-state index in [0.29, 0.717) is 12.5 Å². The van der Waals surface area contributed by atoms with Crippen LogP contribution in [-0.4, -0.2) is 24.1 Å². The molecule has 0 amide bonds. The van der Waals surface area contributed by atoms with Gasteiger partial charge in [-0.05, 0) is 24.5 Å². The summed E-state index contributed by atoms with van der Waals surface area (Å²) in [4.78, 5) is 1.09. The predicted molar refractivity (Wildman–Crippen MR) is 73.6 cm³/mol. The van der Waals surface area contributed by atoms with E-state index >= 15 is 0 Å². The van der Waals surface area contributed by atoms with Crippen LogP contribution in [-0.2, 0) is 0 Å². The summed E-state index contributed by atoms with van der Waals surface area (Å²) in [6.45, 7) is 5.02. The zero-order valence-corrected chi connectivity index (χ0v) is 11.3. The Morgan fingerprint density at radius 2 is 2.18 bits per heavy atom. The summed E-state index contributed by atoms with van der Waals surface area (Å²) >= 11 is 1.69. The highest BCUT2D eigenvalue weighted by Crippen LogP contribution is 2.28. The zero-order valence-electron chi connectivity index (χ0n) is 10.5. The second-order valence-electron chi connectivity index (χ2n) is 4.18. The van der Waals surface area contributed by atoms with Gasteiger partial charge in [-0.25, -0.2) is 0 Å². The maximum Gasteiger partial charge on any atom is 0.122 e. The number of thioether (sulfide) groups is 1. The van der Waals surface area contributed by atoms with E-state index in [4.69, 9.17) is 15.6 Å². The summed E-state index contributed by atoms with van der Waals surface area (Å²) < 4.78 is 5.57. The lowest BCUT2D eigenvalue weighted by molar-refractivity contribution is 0.250. The first-order valence-corrected chi connectivity index (χ1v) is 6.91. The average molecular weight is 255 g/mol. The van der Waals surface area contributed by atoms with Gasteiger partial charge in [0.15, 0.2) is 0 Å². The van der Waals surface area contributed by atoms with E-state index in [2.05, 4.69) is 6.92 Å². The minimum absolute atomic E-state index is 0.217. The van der Waals surface area contributed by atoms with Crippen LogP contribution in [0.2, 0.25) is 0 Å². The van der Waals surface area contributed by atoms with Gasteiger partial charge in [0.2, 0.25) is 0 Å². The van der Waals surface area contributed by atoms with Crippen molar-refractivity contribution in [1.82, 2.24) is 0 Å². The largest absolute Gasteiger partial charge is 0.493 e. The number of aliphatic hydroxyl groups is 1. The molecule has 96 valence electrons. The highest BCUT2D eigenvalue weighted by Gasteiger charge is 2.04. The van der Waals surface area contributed by atoms with E-state index in [1.54, 1.807) is 11.8 Å². The Hall–Kier alpha value is -0.870. The zero-order chi connectivity index (χ0) is 12.7. The molecule has 0 radical (unpaired) electrons. The molecular formula is C13H21NO2S. The van der Waals surface area contributed by atoms with Gasteiger partial charge in [-0.3, -0.25) is 0 Å². The topological polar surface area (TPSA) is 55.5 Å². The highest BCUT2D eigenvalue weighted by molar-refractivity contribution is 7.99. The Kier molecular flexibility index (Phi) is 6.22. The van der Waals surface area contributed by atoms with E-state index in [9.17, 15) is 0 Å². The van der Waals surface area contributed by atoms with Gasteiger partial charge in [0.25, 0.3) is 0 Å². The van der Waals surface area contributed by atoms with Gasteiger partial charge in [-0.15, -0.1) is 11.8 Å². The third-order valence-corrected chi connectivity index (χ3v) is 3.53. The predicted octanol–water partition coefficient (Wildman–Crippen LogP) is 2.78. The van der Waals surface area contributed by atoms with E-state index < -0.39 is 0 Å². The molecule has 1 unspecified atom stereocenters. The Morgan fingerprint density at radius 3 is 2.82 bits per heavy atom. The summed E-state index contributed by atoms with van der Waals surface area (Å²) in [5, 5.41) is 8.98. The summed E-state index contributed by atoms with van der Waals surface area (Å²) in [6.07, 6.45) is 0.985. The molecule has 0 aromatic heterocycles. The molecule has 0 fully saturated rings. The third kappa shape index (κ3) is 5.33. The number of benzene rings is 1. The smallest absolute Gasteiger partial charge is 0.122 e. The molecule has 0 aliphatic heterocycles. The Bertz CT molecular complexity index is 344.